The summed E-state index contributed by atoms with van der Waals surface area (Å²) in [4.78, 5) is 17.9. The lowest BCUT2D eigenvalue weighted by molar-refractivity contribution is 0.0595. The fourth-order valence-electron chi connectivity index (χ4n) is 4.14. The number of rotatable bonds is 3. The minimum Gasteiger partial charge on any atom is -0.333 e. The van der Waals surface area contributed by atoms with Crippen molar-refractivity contribution in [3.63, 3.8) is 0 Å². The summed E-state index contributed by atoms with van der Waals surface area (Å²) in [5.74, 6) is 1.01. The van der Waals surface area contributed by atoms with Crippen LogP contribution in [-0.4, -0.2) is 57.7 Å². The molecular weight excluding hydrogens is 300 g/mol. The molecule has 0 aromatic carbocycles. The molecule has 5 nitrogen and oxygen atoms in total. The Morgan fingerprint density at radius 1 is 1.17 bits per heavy atom. The van der Waals surface area contributed by atoms with Crippen LogP contribution < -0.4 is 0 Å². The first-order chi connectivity index (χ1) is 11.5. The van der Waals surface area contributed by atoms with E-state index in [4.69, 9.17) is 0 Å². The van der Waals surface area contributed by atoms with E-state index in [0.717, 1.165) is 43.2 Å². The van der Waals surface area contributed by atoms with E-state index in [1.54, 1.807) is 4.68 Å². The maximum absolute atomic E-state index is 13.1. The lowest BCUT2D eigenvalue weighted by Gasteiger charge is -2.37. The van der Waals surface area contributed by atoms with Gasteiger partial charge in [-0.25, -0.2) is 0 Å². The van der Waals surface area contributed by atoms with Gasteiger partial charge in [0, 0.05) is 26.2 Å². The number of hydrogen-bond donors (Lipinski definition) is 0. The number of carbonyl (C=O) groups is 1. The molecule has 0 N–H and O–H groups in total. The van der Waals surface area contributed by atoms with Gasteiger partial charge in [0.25, 0.3) is 5.91 Å². The highest BCUT2D eigenvalue weighted by molar-refractivity contribution is 5.93. The highest BCUT2D eigenvalue weighted by Gasteiger charge is 2.30. The minimum absolute atomic E-state index is 0.162. The van der Waals surface area contributed by atoms with Crippen LogP contribution in [0.3, 0.4) is 0 Å². The highest BCUT2D eigenvalue weighted by atomic mass is 16.2. The number of hydrogen-bond acceptors (Lipinski definition) is 3. The molecule has 2 aliphatic heterocycles. The Balaban J connectivity index is 1.72. The molecule has 1 unspecified atom stereocenters. The van der Waals surface area contributed by atoms with Gasteiger partial charge in [-0.3, -0.25) is 9.48 Å². The molecule has 1 aromatic heterocycles. The molecule has 1 atom stereocenters. The van der Waals surface area contributed by atoms with E-state index >= 15 is 0 Å². The third-order valence-electron chi connectivity index (χ3n) is 5.70. The van der Waals surface area contributed by atoms with Crippen molar-refractivity contribution >= 4 is 5.91 Å². The maximum atomic E-state index is 13.1. The molecule has 2 fully saturated rings. The van der Waals surface area contributed by atoms with Crippen LogP contribution in [-0.2, 0) is 7.05 Å². The van der Waals surface area contributed by atoms with Crippen LogP contribution >= 0.6 is 0 Å². The second-order valence-corrected chi connectivity index (χ2v) is 7.78. The molecule has 1 aromatic rings. The average molecular weight is 332 g/mol. The van der Waals surface area contributed by atoms with Gasteiger partial charge in [0.05, 0.1) is 5.69 Å². The zero-order chi connectivity index (χ0) is 17.1. The number of amides is 1. The highest BCUT2D eigenvalue weighted by Crippen LogP contribution is 2.23. The van der Waals surface area contributed by atoms with E-state index < -0.39 is 0 Å². The molecule has 134 valence electrons. The van der Waals surface area contributed by atoms with Crippen LogP contribution in [0.15, 0.2) is 6.07 Å². The summed E-state index contributed by atoms with van der Waals surface area (Å²) in [5.41, 5.74) is 1.64. The van der Waals surface area contributed by atoms with Crippen LogP contribution in [0.4, 0.5) is 0 Å². The molecule has 0 spiro atoms. The van der Waals surface area contributed by atoms with Crippen molar-refractivity contribution in [3.05, 3.63) is 17.5 Å². The number of carbonyl (C=O) groups excluding carboxylic acids is 1. The number of likely N-dealkylation sites (tertiary alicyclic amines) is 2. The predicted octanol–water partition coefficient (Wildman–Crippen LogP) is 2.85. The molecule has 3 rings (SSSR count). The third-order valence-corrected chi connectivity index (χ3v) is 5.70. The van der Waals surface area contributed by atoms with Gasteiger partial charge in [-0.05, 0) is 57.7 Å². The van der Waals surface area contributed by atoms with Crippen LogP contribution in [0.1, 0.15) is 61.6 Å². The van der Waals surface area contributed by atoms with Crippen molar-refractivity contribution in [3.8, 4) is 0 Å². The van der Waals surface area contributed by atoms with Gasteiger partial charge in [-0.2, -0.15) is 5.10 Å². The van der Waals surface area contributed by atoms with Crippen LogP contribution in [0, 0.1) is 12.8 Å². The van der Waals surface area contributed by atoms with Crippen molar-refractivity contribution < 1.29 is 4.79 Å². The lowest BCUT2D eigenvalue weighted by Crippen LogP contribution is -2.48. The van der Waals surface area contributed by atoms with Crippen LogP contribution in [0.2, 0.25) is 0 Å². The van der Waals surface area contributed by atoms with Gasteiger partial charge in [0.15, 0.2) is 0 Å². The first-order valence-corrected chi connectivity index (χ1v) is 9.58. The summed E-state index contributed by atoms with van der Waals surface area (Å²) < 4.78 is 1.74. The van der Waals surface area contributed by atoms with Gasteiger partial charge >= 0.3 is 0 Å². The topological polar surface area (TPSA) is 41.4 Å². The Hall–Kier alpha value is -1.36. The second-order valence-electron chi connectivity index (χ2n) is 7.78. The first kappa shape index (κ1) is 17.5. The van der Waals surface area contributed by atoms with E-state index in [-0.39, 0.29) is 5.91 Å². The van der Waals surface area contributed by atoms with Crippen molar-refractivity contribution in [1.29, 1.82) is 0 Å². The van der Waals surface area contributed by atoms with Crippen molar-refractivity contribution in [2.45, 2.75) is 58.4 Å². The Kier molecular flexibility index (Phi) is 5.59. The Morgan fingerprint density at radius 3 is 2.58 bits per heavy atom. The Morgan fingerprint density at radius 2 is 1.92 bits per heavy atom. The molecule has 1 amide bonds. The normalized spacial score (nSPS) is 24.1. The third kappa shape index (κ3) is 4.00. The van der Waals surface area contributed by atoms with E-state index in [0.29, 0.717) is 6.04 Å². The zero-order valence-electron chi connectivity index (χ0n) is 15.5. The summed E-state index contributed by atoms with van der Waals surface area (Å²) in [5, 5.41) is 4.36. The quantitative estimate of drug-likeness (QED) is 0.855. The van der Waals surface area contributed by atoms with Gasteiger partial charge in [0.1, 0.15) is 5.69 Å². The monoisotopic (exact) mass is 332 g/mol. The van der Waals surface area contributed by atoms with Gasteiger partial charge in [-0.15, -0.1) is 0 Å². The number of nitrogens with zero attached hydrogens (tertiary/aromatic N) is 4. The van der Waals surface area contributed by atoms with E-state index in [2.05, 4.69) is 21.8 Å². The fourth-order valence-corrected chi connectivity index (χ4v) is 4.14. The predicted molar refractivity (Wildman–Crippen MR) is 96.1 cm³/mol. The Bertz CT molecular complexity index is 560. The summed E-state index contributed by atoms with van der Waals surface area (Å²) in [6.45, 7) is 8.59. The molecule has 2 saturated heterocycles. The summed E-state index contributed by atoms with van der Waals surface area (Å²) in [6.07, 6.45) is 7.32. The van der Waals surface area contributed by atoms with Crippen molar-refractivity contribution in [2.75, 3.05) is 26.2 Å². The number of piperidine rings is 1. The van der Waals surface area contributed by atoms with Gasteiger partial charge < -0.3 is 9.80 Å². The molecule has 0 aliphatic carbocycles. The number of aryl methyl sites for hydroxylation is 2. The maximum Gasteiger partial charge on any atom is 0.272 e. The summed E-state index contributed by atoms with van der Waals surface area (Å²) in [7, 11) is 1.87. The molecule has 0 bridgehead atoms. The van der Waals surface area contributed by atoms with E-state index in [1.807, 2.05) is 20.0 Å². The fraction of sp³-hybridized carbons (Fsp3) is 0.789. The van der Waals surface area contributed by atoms with Crippen molar-refractivity contribution in [1.82, 2.24) is 19.6 Å². The first-order valence-electron chi connectivity index (χ1n) is 9.58. The molecule has 24 heavy (non-hydrogen) atoms. The van der Waals surface area contributed by atoms with Crippen LogP contribution in [0.25, 0.3) is 0 Å². The lowest BCUT2D eigenvalue weighted by atomic mass is 9.98. The smallest absolute Gasteiger partial charge is 0.272 e. The molecule has 5 heteroatoms. The van der Waals surface area contributed by atoms with Gasteiger partial charge in [-0.1, -0.05) is 19.8 Å². The molecule has 3 heterocycles. The van der Waals surface area contributed by atoms with Gasteiger partial charge in [0.2, 0.25) is 0 Å². The molecular formula is C19H32N4O. The Labute approximate surface area is 146 Å². The minimum atomic E-state index is 0.162. The van der Waals surface area contributed by atoms with Crippen molar-refractivity contribution in [2.24, 2.45) is 13.0 Å². The average Bonchev–Trinajstić information content (AvgIpc) is 2.75. The summed E-state index contributed by atoms with van der Waals surface area (Å²) in [6, 6.07) is 2.27. The van der Waals surface area contributed by atoms with E-state index in [1.165, 1.54) is 38.8 Å². The summed E-state index contributed by atoms with van der Waals surface area (Å²) >= 11 is 0. The molecule has 2 aliphatic rings. The zero-order valence-corrected chi connectivity index (χ0v) is 15.5. The largest absolute Gasteiger partial charge is 0.333 e. The SMILES string of the molecule is Cc1cc(C(=O)N2CCCCCC2CN2CCC(C)CC2)n(C)n1. The second kappa shape index (κ2) is 7.68. The van der Waals surface area contributed by atoms with Crippen LogP contribution in [0.5, 0.6) is 0 Å². The standard InChI is InChI=1S/C19H32N4O/c1-15-8-11-22(12-9-15)14-17-7-5-4-6-10-23(17)19(24)18-13-16(2)20-21(18)3/h13,15,17H,4-12,14H2,1-3H3. The van der Waals surface area contributed by atoms with E-state index in [9.17, 15) is 4.79 Å². The molecule has 0 saturated carbocycles. The molecule has 0 radical (unpaired) electrons. The number of aromatic nitrogens is 2.